The zero-order valence-corrected chi connectivity index (χ0v) is 13.2. The lowest BCUT2D eigenvalue weighted by molar-refractivity contribution is -0.137. The average Bonchev–Trinajstić information content (AvgIpc) is 2.91. The maximum atomic E-state index is 12.3. The minimum absolute atomic E-state index is 0.190. The number of aliphatic carboxylic acids is 1. The van der Waals surface area contributed by atoms with Gasteiger partial charge in [-0.25, -0.2) is 0 Å². The number of amides is 1. The Labute approximate surface area is 135 Å². The van der Waals surface area contributed by atoms with Gasteiger partial charge >= 0.3 is 5.97 Å². The van der Waals surface area contributed by atoms with E-state index in [0.717, 1.165) is 24.3 Å². The molecule has 2 N–H and O–H groups in total. The molecule has 6 heteroatoms. The van der Waals surface area contributed by atoms with Crippen molar-refractivity contribution in [3.05, 3.63) is 18.0 Å². The highest BCUT2D eigenvalue weighted by Gasteiger charge is 2.50. The summed E-state index contributed by atoms with van der Waals surface area (Å²) < 4.78 is 1.28. The van der Waals surface area contributed by atoms with Gasteiger partial charge in [-0.3, -0.25) is 14.3 Å². The second-order valence-electron chi connectivity index (χ2n) is 7.89. The van der Waals surface area contributed by atoms with Crippen molar-refractivity contribution < 1.29 is 14.7 Å². The molecule has 1 aromatic rings. The van der Waals surface area contributed by atoms with Crippen molar-refractivity contribution in [2.75, 3.05) is 6.54 Å². The Morgan fingerprint density at radius 1 is 1.22 bits per heavy atom. The van der Waals surface area contributed by atoms with Gasteiger partial charge < -0.3 is 10.4 Å². The van der Waals surface area contributed by atoms with Crippen LogP contribution in [0.1, 0.15) is 49.0 Å². The normalized spacial score (nSPS) is 34.5. The molecule has 4 bridgehead atoms. The van der Waals surface area contributed by atoms with Crippen LogP contribution >= 0.6 is 0 Å². The molecule has 0 spiro atoms. The van der Waals surface area contributed by atoms with Crippen molar-refractivity contribution in [1.29, 1.82) is 0 Å². The lowest BCUT2D eigenvalue weighted by atomic mass is 9.49. The molecule has 1 heterocycles. The molecule has 23 heavy (non-hydrogen) atoms. The SMILES string of the molecule is O=C(O)Cn1ccc(C(=O)NCC23CC4CC(CC(C4)C2)C3)n1. The van der Waals surface area contributed by atoms with Crippen molar-refractivity contribution >= 4 is 11.9 Å². The third kappa shape index (κ3) is 2.86. The molecule has 124 valence electrons. The Morgan fingerprint density at radius 2 is 1.83 bits per heavy atom. The summed E-state index contributed by atoms with van der Waals surface area (Å²) >= 11 is 0. The van der Waals surface area contributed by atoms with Gasteiger partial charge in [0.2, 0.25) is 0 Å². The Hall–Kier alpha value is -1.85. The summed E-state index contributed by atoms with van der Waals surface area (Å²) in [4.78, 5) is 23.0. The second kappa shape index (κ2) is 5.35. The second-order valence-corrected chi connectivity index (χ2v) is 7.89. The van der Waals surface area contributed by atoms with E-state index in [4.69, 9.17) is 5.11 Å². The van der Waals surface area contributed by atoms with E-state index < -0.39 is 5.97 Å². The van der Waals surface area contributed by atoms with Crippen LogP contribution in [-0.4, -0.2) is 33.3 Å². The molecule has 1 amide bonds. The molecule has 0 atom stereocenters. The number of aromatic nitrogens is 2. The third-order valence-electron chi connectivity index (χ3n) is 5.96. The maximum Gasteiger partial charge on any atom is 0.325 e. The minimum atomic E-state index is -0.964. The quantitative estimate of drug-likeness (QED) is 0.869. The monoisotopic (exact) mass is 317 g/mol. The standard InChI is InChI=1S/C17H23N3O3/c21-15(22)9-20-2-1-14(19-20)16(23)18-10-17-6-11-3-12(7-17)5-13(4-11)8-17/h1-2,11-13H,3-10H2,(H,18,23)(H,21,22). The van der Waals surface area contributed by atoms with E-state index in [2.05, 4.69) is 10.4 Å². The Morgan fingerprint density at radius 3 is 2.39 bits per heavy atom. The Bertz CT molecular complexity index is 601. The van der Waals surface area contributed by atoms with Crippen molar-refractivity contribution in [2.45, 2.75) is 45.1 Å². The number of carboxylic acid groups (broad SMARTS) is 1. The molecule has 6 nitrogen and oxygen atoms in total. The van der Waals surface area contributed by atoms with Gasteiger partial charge in [-0.15, -0.1) is 0 Å². The molecule has 5 rings (SSSR count). The van der Waals surface area contributed by atoms with Gasteiger partial charge in [0.1, 0.15) is 12.2 Å². The van der Waals surface area contributed by atoms with Crippen molar-refractivity contribution in [3.63, 3.8) is 0 Å². The number of nitrogens with one attached hydrogen (secondary N) is 1. The molecule has 0 saturated heterocycles. The fourth-order valence-electron chi connectivity index (χ4n) is 5.57. The Kier molecular flexibility index (Phi) is 3.43. The van der Waals surface area contributed by atoms with Crippen molar-refractivity contribution in [1.82, 2.24) is 15.1 Å². The van der Waals surface area contributed by atoms with Gasteiger partial charge in [0.15, 0.2) is 0 Å². The van der Waals surface area contributed by atoms with E-state index >= 15 is 0 Å². The van der Waals surface area contributed by atoms with Crippen LogP contribution in [-0.2, 0) is 11.3 Å². The van der Waals surface area contributed by atoms with Crippen LogP contribution in [0.4, 0.5) is 0 Å². The lowest BCUT2D eigenvalue weighted by Crippen LogP contribution is -2.51. The van der Waals surface area contributed by atoms with E-state index in [1.54, 1.807) is 6.07 Å². The molecule has 4 aliphatic carbocycles. The maximum absolute atomic E-state index is 12.3. The predicted octanol–water partition coefficient (Wildman–Crippen LogP) is 1.91. The van der Waals surface area contributed by atoms with E-state index in [1.165, 1.54) is 49.4 Å². The molecule has 0 aromatic carbocycles. The number of rotatable bonds is 5. The molecule has 0 unspecified atom stereocenters. The number of hydrogen-bond acceptors (Lipinski definition) is 3. The van der Waals surface area contributed by atoms with Crippen LogP contribution in [0.2, 0.25) is 0 Å². The third-order valence-corrected chi connectivity index (χ3v) is 5.96. The molecule has 1 aromatic heterocycles. The Balaban J connectivity index is 1.38. The van der Waals surface area contributed by atoms with Crippen LogP contribution in [0.15, 0.2) is 12.3 Å². The first-order valence-electron chi connectivity index (χ1n) is 8.55. The van der Waals surface area contributed by atoms with Crippen LogP contribution in [0.5, 0.6) is 0 Å². The van der Waals surface area contributed by atoms with Gasteiger partial charge in [0.05, 0.1) is 0 Å². The molecule has 4 saturated carbocycles. The smallest absolute Gasteiger partial charge is 0.325 e. The number of carbonyl (C=O) groups is 2. The predicted molar refractivity (Wildman–Crippen MR) is 82.8 cm³/mol. The topological polar surface area (TPSA) is 84.2 Å². The molecule has 0 aliphatic heterocycles. The fourth-order valence-corrected chi connectivity index (χ4v) is 5.57. The van der Waals surface area contributed by atoms with Crippen LogP contribution in [0, 0.1) is 23.2 Å². The number of nitrogens with zero attached hydrogens (tertiary/aromatic N) is 2. The summed E-state index contributed by atoms with van der Waals surface area (Å²) in [6.07, 6.45) is 9.49. The summed E-state index contributed by atoms with van der Waals surface area (Å²) in [5, 5.41) is 15.9. The van der Waals surface area contributed by atoms with Crippen LogP contribution in [0.3, 0.4) is 0 Å². The largest absolute Gasteiger partial charge is 0.480 e. The zero-order valence-electron chi connectivity index (χ0n) is 13.2. The highest BCUT2D eigenvalue weighted by molar-refractivity contribution is 5.92. The highest BCUT2D eigenvalue weighted by atomic mass is 16.4. The van der Waals surface area contributed by atoms with Gasteiger partial charge in [0, 0.05) is 12.7 Å². The molecule has 4 fully saturated rings. The molecule has 0 radical (unpaired) electrons. The zero-order chi connectivity index (χ0) is 16.0. The van der Waals surface area contributed by atoms with Gasteiger partial charge in [-0.1, -0.05) is 0 Å². The highest BCUT2D eigenvalue weighted by Crippen LogP contribution is 2.59. The summed E-state index contributed by atoms with van der Waals surface area (Å²) in [7, 11) is 0. The summed E-state index contributed by atoms with van der Waals surface area (Å²) in [5.41, 5.74) is 0.601. The fraction of sp³-hybridized carbons (Fsp3) is 0.706. The van der Waals surface area contributed by atoms with E-state index in [-0.39, 0.29) is 12.5 Å². The molecular weight excluding hydrogens is 294 g/mol. The lowest BCUT2D eigenvalue weighted by Gasteiger charge is -2.56. The summed E-state index contributed by atoms with van der Waals surface area (Å²) in [6.45, 7) is 0.517. The average molecular weight is 317 g/mol. The first-order chi connectivity index (χ1) is 11.0. The van der Waals surface area contributed by atoms with Crippen molar-refractivity contribution in [3.8, 4) is 0 Å². The summed E-state index contributed by atoms with van der Waals surface area (Å²) in [6, 6.07) is 1.58. The van der Waals surface area contributed by atoms with Crippen LogP contribution < -0.4 is 5.32 Å². The van der Waals surface area contributed by atoms with E-state index in [0.29, 0.717) is 11.1 Å². The summed E-state index contributed by atoms with van der Waals surface area (Å²) in [5.74, 6) is 1.45. The molecular formula is C17H23N3O3. The number of carboxylic acids is 1. The van der Waals surface area contributed by atoms with Crippen LogP contribution in [0.25, 0.3) is 0 Å². The number of hydrogen-bond donors (Lipinski definition) is 2. The number of carbonyl (C=O) groups excluding carboxylic acids is 1. The van der Waals surface area contributed by atoms with Gasteiger partial charge in [-0.05, 0) is 67.8 Å². The first kappa shape index (κ1) is 14.7. The van der Waals surface area contributed by atoms with Crippen molar-refractivity contribution in [2.24, 2.45) is 23.2 Å². The minimum Gasteiger partial charge on any atom is -0.480 e. The molecule has 4 aliphatic rings. The van der Waals surface area contributed by atoms with E-state index in [1.807, 2.05) is 0 Å². The van der Waals surface area contributed by atoms with E-state index in [9.17, 15) is 9.59 Å². The first-order valence-corrected chi connectivity index (χ1v) is 8.55. The van der Waals surface area contributed by atoms with Gasteiger partial charge in [-0.2, -0.15) is 5.10 Å². The van der Waals surface area contributed by atoms with Gasteiger partial charge in [0.25, 0.3) is 5.91 Å².